The summed E-state index contributed by atoms with van der Waals surface area (Å²) in [6.45, 7) is 0. The Kier molecular flexibility index (Phi) is 8.85. The predicted molar refractivity (Wildman–Crippen MR) is 117 cm³/mol. The summed E-state index contributed by atoms with van der Waals surface area (Å²) in [4.78, 5) is 0. The molecule has 0 atom stereocenters. The van der Waals surface area contributed by atoms with Crippen molar-refractivity contribution in [2.45, 2.75) is 12.8 Å². The molecule has 0 aromatic heterocycles. The third-order valence-corrected chi connectivity index (χ3v) is 7.26. The molecule has 2 saturated carbocycles. The van der Waals surface area contributed by atoms with Gasteiger partial charge in [-0.2, -0.15) is 0 Å². The maximum absolute atomic E-state index is 2.35. The van der Waals surface area contributed by atoms with Gasteiger partial charge in [-0.15, -0.1) is 0 Å². The van der Waals surface area contributed by atoms with E-state index >= 15 is 0 Å². The quantitative estimate of drug-likeness (QED) is 0.447. The SMILES string of the molecule is [CH]1[CH][CH][CH][CH]1.[CH]1[CH][C](P(c2ccccc2)c2ccccc2)[C]2C=CCC[C]12.[Fe+2]. The van der Waals surface area contributed by atoms with Crippen molar-refractivity contribution in [1.82, 2.24) is 0 Å². The van der Waals surface area contributed by atoms with E-state index in [0.29, 0.717) is 0 Å². The summed E-state index contributed by atoms with van der Waals surface area (Å²) in [7, 11) is -0.475. The fourth-order valence-corrected chi connectivity index (χ4v) is 5.95. The van der Waals surface area contributed by atoms with Crippen molar-refractivity contribution in [1.29, 1.82) is 0 Å². The van der Waals surface area contributed by atoms with Gasteiger partial charge in [0.1, 0.15) is 0 Å². The van der Waals surface area contributed by atoms with Crippen LogP contribution in [0.15, 0.2) is 72.8 Å². The number of rotatable bonds is 3. The first-order valence-corrected chi connectivity index (χ1v) is 10.8. The van der Waals surface area contributed by atoms with Crippen molar-refractivity contribution in [3.8, 4) is 0 Å². The van der Waals surface area contributed by atoms with Gasteiger partial charge in [-0.1, -0.05) is 72.8 Å². The molecule has 2 aromatic carbocycles. The number of benzene rings is 2. The first-order chi connectivity index (χ1) is 13.4. The predicted octanol–water partition coefficient (Wildman–Crippen LogP) is 5.59. The molecule has 0 nitrogen and oxygen atoms in total. The van der Waals surface area contributed by atoms with E-state index in [-0.39, 0.29) is 17.1 Å². The van der Waals surface area contributed by atoms with Crippen LogP contribution in [0.5, 0.6) is 0 Å². The molecule has 2 fully saturated rings. The smallest absolute Gasteiger partial charge is 0.0879 e. The normalized spacial score (nSPS) is 19.8. The molecule has 0 aliphatic heterocycles. The Morgan fingerprint density at radius 2 is 1.18 bits per heavy atom. The van der Waals surface area contributed by atoms with Crippen LogP contribution in [-0.2, 0) is 17.1 Å². The van der Waals surface area contributed by atoms with Crippen LogP contribution in [0.2, 0.25) is 0 Å². The summed E-state index contributed by atoms with van der Waals surface area (Å²) >= 11 is 0. The van der Waals surface area contributed by atoms with Gasteiger partial charge in [-0.25, -0.2) is 0 Å². The van der Waals surface area contributed by atoms with Crippen LogP contribution in [0.4, 0.5) is 0 Å². The summed E-state index contributed by atoms with van der Waals surface area (Å²) < 4.78 is 0. The second kappa shape index (κ2) is 11.3. The Labute approximate surface area is 183 Å². The summed E-state index contributed by atoms with van der Waals surface area (Å²) in [6.07, 6.45) is 21.7. The van der Waals surface area contributed by atoms with Crippen LogP contribution in [0.25, 0.3) is 0 Å². The van der Waals surface area contributed by atoms with E-state index in [4.69, 9.17) is 0 Å². The number of allylic oxidation sites excluding steroid dienone is 2. The zero-order valence-corrected chi connectivity index (χ0v) is 17.7. The van der Waals surface area contributed by atoms with Gasteiger partial charge >= 0.3 is 17.1 Å². The first-order valence-electron chi connectivity index (χ1n) is 9.45. The second-order valence-electron chi connectivity index (χ2n) is 6.57. The van der Waals surface area contributed by atoms with E-state index in [0.717, 1.165) is 0 Å². The maximum Gasteiger partial charge on any atom is 2.00 e. The van der Waals surface area contributed by atoms with Crippen molar-refractivity contribution in [2.75, 3.05) is 0 Å². The molecule has 3 aliphatic carbocycles. The molecule has 3 aliphatic rings. The monoisotopic (exact) mass is 422 g/mol. The molecule has 10 radical (unpaired) electrons. The molecule has 2 heteroatoms. The fraction of sp³-hybridized carbons (Fsp3) is 0.0769. The zero-order chi connectivity index (χ0) is 18.3. The van der Waals surface area contributed by atoms with E-state index in [2.05, 4.69) is 85.7 Å². The van der Waals surface area contributed by atoms with Gasteiger partial charge in [0.05, 0.1) is 0 Å². The molecule has 2 aromatic rings. The van der Waals surface area contributed by atoms with Gasteiger partial charge in [-0.3, -0.25) is 0 Å². The van der Waals surface area contributed by atoms with E-state index in [9.17, 15) is 0 Å². The summed E-state index contributed by atoms with van der Waals surface area (Å²) in [5.74, 6) is 2.97. The molecular weight excluding hydrogens is 399 g/mol. The fourth-order valence-electron chi connectivity index (χ4n) is 3.47. The minimum Gasteiger partial charge on any atom is -0.0879 e. The van der Waals surface area contributed by atoms with Crippen LogP contribution in [-0.4, -0.2) is 0 Å². The van der Waals surface area contributed by atoms with Crippen molar-refractivity contribution in [2.24, 2.45) is 0 Å². The van der Waals surface area contributed by atoms with Crippen LogP contribution in [0.1, 0.15) is 12.8 Å². The Hall–Kier alpha value is -0.871. The zero-order valence-electron chi connectivity index (χ0n) is 15.7. The Balaban J connectivity index is 0.000000329. The Morgan fingerprint density at radius 3 is 1.71 bits per heavy atom. The van der Waals surface area contributed by atoms with Crippen molar-refractivity contribution >= 4 is 18.5 Å². The van der Waals surface area contributed by atoms with Gasteiger partial charge in [0, 0.05) is 11.6 Å². The molecule has 5 rings (SSSR count). The molecule has 138 valence electrons. The number of hydrogen-bond acceptors (Lipinski definition) is 0. The molecule has 0 unspecified atom stereocenters. The van der Waals surface area contributed by atoms with Crippen LogP contribution in [0, 0.1) is 62.4 Å². The number of hydrogen-bond donors (Lipinski definition) is 0. The standard InChI is InChI=1S/C21H18P.C5H5.Fe/c1-3-10-18(11-4-1)22(19-12-5-2-6-13-19)21-16-15-17-9-7-8-14-20(17)21;1-2-4-5-3-1;/h1-6,8,10-16H,7,9H2;1-5H;/q;;+2. The molecule has 0 amide bonds. The molecule has 0 spiro atoms. The van der Waals surface area contributed by atoms with E-state index in [1.54, 1.807) is 0 Å². The van der Waals surface area contributed by atoms with Crippen molar-refractivity contribution in [3.63, 3.8) is 0 Å². The molecule has 0 heterocycles. The maximum atomic E-state index is 2.35. The van der Waals surface area contributed by atoms with Gasteiger partial charge < -0.3 is 0 Å². The summed E-state index contributed by atoms with van der Waals surface area (Å²) in [6, 6.07) is 21.9. The first kappa shape index (κ1) is 21.8. The molecule has 28 heavy (non-hydrogen) atoms. The Bertz CT molecular complexity index is 661. The summed E-state index contributed by atoms with van der Waals surface area (Å²) in [5.41, 5.74) is 1.50. The third kappa shape index (κ3) is 5.38. The second-order valence-corrected chi connectivity index (χ2v) is 8.75. The van der Waals surface area contributed by atoms with Crippen molar-refractivity contribution < 1.29 is 17.1 Å². The Morgan fingerprint density at radius 1 is 0.643 bits per heavy atom. The summed E-state index contributed by atoms with van der Waals surface area (Å²) in [5, 5.41) is 2.85. The van der Waals surface area contributed by atoms with Gasteiger partial charge in [-0.05, 0) is 82.2 Å². The van der Waals surface area contributed by atoms with Crippen LogP contribution in [0.3, 0.4) is 0 Å². The number of fused-ring (bicyclic) bond motifs is 1. The molecule has 0 N–H and O–H groups in total. The average molecular weight is 422 g/mol. The van der Waals surface area contributed by atoms with E-state index in [1.807, 2.05) is 32.1 Å². The van der Waals surface area contributed by atoms with Gasteiger partial charge in [0.25, 0.3) is 0 Å². The van der Waals surface area contributed by atoms with Crippen LogP contribution >= 0.6 is 7.92 Å². The minimum absolute atomic E-state index is 0. The third-order valence-electron chi connectivity index (χ3n) is 4.75. The molecular formula is C26H23FeP+2. The molecule has 0 saturated heterocycles. The van der Waals surface area contributed by atoms with Gasteiger partial charge in [0.2, 0.25) is 0 Å². The molecule has 0 bridgehead atoms. The van der Waals surface area contributed by atoms with E-state index in [1.165, 1.54) is 40.9 Å². The van der Waals surface area contributed by atoms with Gasteiger partial charge in [0.15, 0.2) is 0 Å². The minimum atomic E-state index is -0.475. The average Bonchev–Trinajstić information content (AvgIpc) is 3.44. The van der Waals surface area contributed by atoms with E-state index < -0.39 is 7.92 Å². The largest absolute Gasteiger partial charge is 2.00 e. The topological polar surface area (TPSA) is 0 Å². The van der Waals surface area contributed by atoms with Crippen molar-refractivity contribution in [3.05, 3.63) is 135 Å². The van der Waals surface area contributed by atoms with Crippen LogP contribution < -0.4 is 10.6 Å².